The Morgan fingerprint density at radius 3 is 2.57 bits per heavy atom. The number of rotatable bonds is 4. The Balaban J connectivity index is 2.07. The first kappa shape index (κ1) is 21.0. The molecule has 0 atom stereocenters. The second kappa shape index (κ2) is 7.96. The van der Waals surface area contributed by atoms with Gasteiger partial charge < -0.3 is 4.90 Å². The molecule has 2 aromatic carbocycles. The first-order valence-corrected chi connectivity index (χ1v) is 10.5. The van der Waals surface area contributed by atoms with E-state index < -0.39 is 21.7 Å². The Kier molecular flexibility index (Phi) is 5.97. The number of carbonyl (C=O) groups is 1. The van der Waals surface area contributed by atoms with Gasteiger partial charge in [-0.25, -0.2) is 12.8 Å². The smallest absolute Gasteiger partial charge is 0.266 e. The number of hydroxylamine groups is 1. The van der Waals surface area contributed by atoms with Crippen LogP contribution in [0, 0.1) is 5.82 Å². The number of nitrogens with zero attached hydrogens (tertiary/aromatic N) is 2. The highest BCUT2D eigenvalue weighted by atomic mass is 35.5. The van der Waals surface area contributed by atoms with Crippen LogP contribution in [0.15, 0.2) is 35.2 Å². The van der Waals surface area contributed by atoms with E-state index in [2.05, 4.69) is 0 Å². The van der Waals surface area contributed by atoms with Crippen molar-refractivity contribution < 1.29 is 22.4 Å². The van der Waals surface area contributed by atoms with Gasteiger partial charge >= 0.3 is 0 Å². The minimum atomic E-state index is -4.07. The topological polar surface area (TPSA) is 66.9 Å². The van der Waals surface area contributed by atoms with Crippen LogP contribution in [0.3, 0.4) is 0 Å². The number of sulfonamides is 1. The number of fused-ring (bicyclic) bond motifs is 1. The van der Waals surface area contributed by atoms with E-state index in [1.165, 1.54) is 43.3 Å². The fraction of sp³-hybridized carbons (Fsp3) is 0.278. The quantitative estimate of drug-likeness (QED) is 0.667. The highest BCUT2D eigenvalue weighted by Gasteiger charge is 2.30. The van der Waals surface area contributed by atoms with Crippen molar-refractivity contribution in [3.05, 3.63) is 57.3 Å². The number of anilines is 1. The molecule has 10 heteroatoms. The molecule has 1 aliphatic rings. The third-order valence-electron chi connectivity index (χ3n) is 4.55. The molecule has 1 aliphatic heterocycles. The molecule has 0 unspecified atom stereocenters. The van der Waals surface area contributed by atoms with Crippen LogP contribution in [0.25, 0.3) is 0 Å². The molecule has 0 saturated heterocycles. The molecule has 0 radical (unpaired) electrons. The van der Waals surface area contributed by atoms with Crippen molar-refractivity contribution >= 4 is 44.8 Å². The molecule has 0 N–H and O–H groups in total. The zero-order valence-electron chi connectivity index (χ0n) is 15.1. The van der Waals surface area contributed by atoms with Gasteiger partial charge in [0.25, 0.3) is 15.9 Å². The van der Waals surface area contributed by atoms with Crippen LogP contribution in [0.4, 0.5) is 10.1 Å². The van der Waals surface area contributed by atoms with Crippen LogP contribution >= 0.6 is 23.2 Å². The predicted molar refractivity (Wildman–Crippen MR) is 105 cm³/mol. The molecule has 1 amide bonds. The molecule has 1 heterocycles. The summed E-state index contributed by atoms with van der Waals surface area (Å²) in [5.41, 5.74) is 0.735. The first-order valence-electron chi connectivity index (χ1n) is 8.29. The van der Waals surface area contributed by atoms with E-state index in [0.717, 1.165) is 6.07 Å². The minimum absolute atomic E-state index is 0.0553. The van der Waals surface area contributed by atoms with Gasteiger partial charge in [-0.15, -0.1) is 0 Å². The zero-order valence-corrected chi connectivity index (χ0v) is 17.4. The lowest BCUT2D eigenvalue weighted by Crippen LogP contribution is -2.36. The minimum Gasteiger partial charge on any atom is -0.305 e. The maximum absolute atomic E-state index is 14.5. The van der Waals surface area contributed by atoms with E-state index in [9.17, 15) is 17.6 Å². The number of hydrogen-bond acceptors (Lipinski definition) is 4. The van der Waals surface area contributed by atoms with E-state index in [1.807, 2.05) is 0 Å². The molecule has 3 rings (SSSR count). The van der Waals surface area contributed by atoms with Crippen LogP contribution < -0.4 is 4.90 Å². The number of hydrogen-bond donors (Lipinski definition) is 0. The molecule has 0 aliphatic carbocycles. The van der Waals surface area contributed by atoms with Crippen molar-refractivity contribution in [2.24, 2.45) is 0 Å². The van der Waals surface area contributed by atoms with E-state index in [1.54, 1.807) is 0 Å². The number of halogens is 3. The average molecular weight is 447 g/mol. The van der Waals surface area contributed by atoms with E-state index in [-0.39, 0.29) is 27.7 Å². The van der Waals surface area contributed by atoms with Gasteiger partial charge in [0.2, 0.25) is 0 Å². The first-order chi connectivity index (χ1) is 13.2. The van der Waals surface area contributed by atoms with Gasteiger partial charge in [-0.2, -0.15) is 0 Å². The molecular formula is C18H17Cl2FN2O4S. The van der Waals surface area contributed by atoms with Gasteiger partial charge in [-0.3, -0.25) is 9.63 Å². The lowest BCUT2D eigenvalue weighted by molar-refractivity contribution is -0.0258. The average Bonchev–Trinajstić information content (AvgIpc) is 2.69. The van der Waals surface area contributed by atoms with Crippen LogP contribution in [0.5, 0.6) is 0 Å². The van der Waals surface area contributed by atoms with Gasteiger partial charge in [0.15, 0.2) is 0 Å². The lowest BCUT2D eigenvalue weighted by Gasteiger charge is -2.30. The van der Waals surface area contributed by atoms with Crippen molar-refractivity contribution in [1.82, 2.24) is 4.47 Å². The van der Waals surface area contributed by atoms with Gasteiger partial charge in [0.05, 0.1) is 17.8 Å². The zero-order chi connectivity index (χ0) is 20.6. The van der Waals surface area contributed by atoms with Crippen molar-refractivity contribution in [1.29, 1.82) is 0 Å². The summed E-state index contributed by atoms with van der Waals surface area (Å²) in [6.45, 7) is 0.284. The van der Waals surface area contributed by atoms with Crippen molar-refractivity contribution in [2.45, 2.75) is 17.7 Å². The second-order valence-corrected chi connectivity index (χ2v) is 8.88. The fourth-order valence-electron chi connectivity index (χ4n) is 3.07. The maximum atomic E-state index is 14.5. The summed E-state index contributed by atoms with van der Waals surface area (Å²) in [5, 5.41) is 0.323. The molecule has 2 aromatic rings. The van der Waals surface area contributed by atoms with E-state index in [0.29, 0.717) is 27.9 Å². The molecule has 0 aromatic heterocycles. The molecule has 0 fully saturated rings. The normalized spacial score (nSPS) is 14.3. The molecular weight excluding hydrogens is 430 g/mol. The third-order valence-corrected chi connectivity index (χ3v) is 7.07. The van der Waals surface area contributed by atoms with Crippen molar-refractivity contribution in [2.75, 3.05) is 25.6 Å². The summed E-state index contributed by atoms with van der Waals surface area (Å²) in [4.78, 5) is 18.8. The third kappa shape index (κ3) is 3.62. The molecule has 0 spiro atoms. The molecule has 6 nitrogen and oxygen atoms in total. The summed E-state index contributed by atoms with van der Waals surface area (Å²) < 4.78 is 40.2. The summed E-state index contributed by atoms with van der Waals surface area (Å²) in [6.07, 6.45) is 1.15. The highest BCUT2D eigenvalue weighted by molar-refractivity contribution is 7.89. The summed E-state index contributed by atoms with van der Waals surface area (Å²) in [7, 11) is -1.67. The summed E-state index contributed by atoms with van der Waals surface area (Å²) in [5.74, 6) is -1.11. The molecule has 28 heavy (non-hydrogen) atoms. The van der Waals surface area contributed by atoms with Crippen LogP contribution in [-0.4, -0.2) is 39.5 Å². The second-order valence-electron chi connectivity index (χ2n) is 6.16. The molecule has 0 saturated carbocycles. The standard InChI is InChI=1S/C18H17Cl2FN2O4S/c1-22(27-2)28(25,26)16-10-11(5-6-14(16)20)18(24)23-9-3-4-12-13(19)7-8-15(21)17(12)23/h5-8,10H,3-4,9H2,1-2H3. The molecule has 0 bridgehead atoms. The predicted octanol–water partition coefficient (Wildman–Crippen LogP) is 3.91. The largest absolute Gasteiger partial charge is 0.305 e. The monoisotopic (exact) mass is 446 g/mol. The SMILES string of the molecule is CON(C)S(=O)(=O)c1cc(C(=O)N2CCCc3c(Cl)ccc(F)c32)ccc1Cl. The van der Waals surface area contributed by atoms with Gasteiger partial charge in [-0.1, -0.05) is 27.7 Å². The number of benzene rings is 2. The maximum Gasteiger partial charge on any atom is 0.266 e. The van der Waals surface area contributed by atoms with Crippen LogP contribution in [-0.2, 0) is 21.3 Å². The molecule has 150 valence electrons. The highest BCUT2D eigenvalue weighted by Crippen LogP contribution is 2.36. The number of carbonyl (C=O) groups excluding carboxylic acids is 1. The van der Waals surface area contributed by atoms with Crippen LogP contribution in [0.1, 0.15) is 22.3 Å². The van der Waals surface area contributed by atoms with Gasteiger partial charge in [0.1, 0.15) is 10.7 Å². The fourth-order valence-corrected chi connectivity index (χ4v) is 4.79. The Hall–Kier alpha value is -1.71. The Bertz CT molecular complexity index is 1050. The van der Waals surface area contributed by atoms with Crippen molar-refractivity contribution in [3.63, 3.8) is 0 Å². The lowest BCUT2D eigenvalue weighted by atomic mass is 10.00. The van der Waals surface area contributed by atoms with E-state index in [4.69, 9.17) is 28.0 Å². The van der Waals surface area contributed by atoms with Crippen molar-refractivity contribution in [3.8, 4) is 0 Å². The summed E-state index contributed by atoms with van der Waals surface area (Å²) >= 11 is 12.2. The van der Waals surface area contributed by atoms with Crippen LogP contribution in [0.2, 0.25) is 10.0 Å². The van der Waals surface area contributed by atoms with Gasteiger partial charge in [-0.05, 0) is 48.7 Å². The Morgan fingerprint density at radius 1 is 1.21 bits per heavy atom. The number of amides is 1. The summed E-state index contributed by atoms with van der Waals surface area (Å²) in [6, 6.07) is 6.53. The van der Waals surface area contributed by atoms with E-state index >= 15 is 0 Å². The van der Waals surface area contributed by atoms with Gasteiger partial charge in [0, 0.05) is 24.2 Å². The Labute approximate surface area is 172 Å². The Morgan fingerprint density at radius 2 is 1.89 bits per heavy atom.